The number of benzene rings is 3. The fourth-order valence-electron chi connectivity index (χ4n) is 2.46. The van der Waals surface area contributed by atoms with Crippen molar-refractivity contribution in [2.45, 2.75) is 20.2 Å². The summed E-state index contributed by atoms with van der Waals surface area (Å²) in [5, 5.41) is 11.6. The molecule has 8 heteroatoms. The number of aryl methyl sites for hydroxylation is 2. The molecule has 5 nitrogen and oxygen atoms in total. The number of ether oxygens (including phenoxy) is 1. The fraction of sp³-hybridized carbons (Fsp3) is 0.130. The highest BCUT2D eigenvalue weighted by Gasteiger charge is 2.30. The van der Waals surface area contributed by atoms with Crippen LogP contribution in [0.15, 0.2) is 72.8 Å². The lowest BCUT2D eigenvalue weighted by molar-refractivity contribution is -0.274. The van der Waals surface area contributed by atoms with Crippen molar-refractivity contribution >= 4 is 17.6 Å². The summed E-state index contributed by atoms with van der Waals surface area (Å²) >= 11 is 0. The topological polar surface area (TPSA) is 75.6 Å². The van der Waals surface area contributed by atoms with Crippen molar-refractivity contribution in [2.75, 3.05) is 5.32 Å². The van der Waals surface area contributed by atoms with Crippen molar-refractivity contribution in [3.05, 3.63) is 95.1 Å². The van der Waals surface area contributed by atoms with E-state index in [9.17, 15) is 22.8 Å². The quantitative estimate of drug-likeness (QED) is 0.544. The van der Waals surface area contributed by atoms with E-state index in [0.717, 1.165) is 11.1 Å². The summed E-state index contributed by atoms with van der Waals surface area (Å²) in [4.78, 5) is 22.8. The molecule has 0 aromatic heterocycles. The zero-order valence-corrected chi connectivity index (χ0v) is 16.7. The van der Waals surface area contributed by atoms with E-state index >= 15 is 0 Å². The average Bonchev–Trinajstić information content (AvgIpc) is 2.69. The first-order valence-corrected chi connectivity index (χ1v) is 9.07. The molecule has 0 spiro atoms. The lowest BCUT2D eigenvalue weighted by atomic mass is 10.1. The maximum atomic E-state index is 12.0. The van der Waals surface area contributed by atoms with Gasteiger partial charge in [0.2, 0.25) is 0 Å². The number of anilines is 1. The smallest absolute Gasteiger partial charge is 0.478 e. The molecule has 3 aromatic rings. The van der Waals surface area contributed by atoms with Gasteiger partial charge >= 0.3 is 12.3 Å². The Morgan fingerprint density at radius 2 is 1.45 bits per heavy atom. The summed E-state index contributed by atoms with van der Waals surface area (Å²) in [6.07, 6.45) is -4.60. The number of amides is 1. The molecule has 162 valence electrons. The van der Waals surface area contributed by atoms with Gasteiger partial charge in [0.1, 0.15) is 5.75 Å². The third-order valence-electron chi connectivity index (χ3n) is 3.90. The summed E-state index contributed by atoms with van der Waals surface area (Å²) < 4.78 is 38.5. The Morgan fingerprint density at radius 3 is 2.03 bits per heavy atom. The molecule has 0 aliphatic heterocycles. The monoisotopic (exact) mass is 431 g/mol. The Morgan fingerprint density at radius 1 is 0.839 bits per heavy atom. The number of halogens is 3. The molecular weight excluding hydrogens is 411 g/mol. The molecule has 0 radical (unpaired) electrons. The van der Waals surface area contributed by atoms with Crippen molar-refractivity contribution < 1.29 is 32.6 Å². The van der Waals surface area contributed by atoms with Gasteiger partial charge in [-0.1, -0.05) is 35.9 Å². The van der Waals surface area contributed by atoms with Gasteiger partial charge in [-0.2, -0.15) is 0 Å². The maximum absolute atomic E-state index is 12.0. The Kier molecular flexibility index (Phi) is 7.79. The normalized spacial score (nSPS) is 10.5. The second-order valence-electron chi connectivity index (χ2n) is 6.57. The predicted octanol–water partition coefficient (Wildman–Crippen LogP) is 5.84. The Bertz CT molecular complexity index is 1050. The molecule has 0 aliphatic rings. The number of nitrogens with one attached hydrogen (secondary N) is 1. The molecule has 0 unspecified atom stereocenters. The summed E-state index contributed by atoms with van der Waals surface area (Å²) in [5.74, 6) is -1.56. The largest absolute Gasteiger partial charge is 0.573 e. The molecule has 3 rings (SSSR count). The number of rotatable bonds is 4. The molecule has 0 heterocycles. The van der Waals surface area contributed by atoms with Crippen LogP contribution >= 0.6 is 0 Å². The van der Waals surface area contributed by atoms with Crippen LogP contribution in [0.3, 0.4) is 0 Å². The molecular formula is C23H20F3NO4. The molecule has 2 N–H and O–H groups in total. The van der Waals surface area contributed by atoms with Crippen LogP contribution in [0, 0.1) is 13.8 Å². The molecule has 0 bridgehead atoms. The zero-order chi connectivity index (χ0) is 23.0. The number of aromatic carboxylic acids is 1. The van der Waals surface area contributed by atoms with Crippen LogP contribution in [-0.4, -0.2) is 23.3 Å². The van der Waals surface area contributed by atoms with Gasteiger partial charge in [-0.3, -0.25) is 4.79 Å². The number of hydrogen-bond donors (Lipinski definition) is 2. The second-order valence-corrected chi connectivity index (χ2v) is 6.57. The summed E-state index contributed by atoms with van der Waals surface area (Å²) in [5.41, 5.74) is 3.03. The van der Waals surface area contributed by atoms with Crippen molar-refractivity contribution in [2.24, 2.45) is 0 Å². The first kappa shape index (κ1) is 23.5. The van der Waals surface area contributed by atoms with Gasteiger partial charge in [-0.05, 0) is 61.9 Å². The lowest BCUT2D eigenvalue weighted by Crippen LogP contribution is -2.16. The number of carbonyl (C=O) groups is 2. The number of carboxylic acid groups (broad SMARTS) is 1. The third kappa shape index (κ3) is 8.22. The number of carbonyl (C=O) groups excluding carboxylic acids is 1. The van der Waals surface area contributed by atoms with Crippen LogP contribution < -0.4 is 10.1 Å². The first-order chi connectivity index (χ1) is 14.5. The Labute approximate surface area is 177 Å². The molecule has 3 aromatic carbocycles. The van der Waals surface area contributed by atoms with Gasteiger partial charge in [0, 0.05) is 11.3 Å². The lowest BCUT2D eigenvalue weighted by Gasteiger charge is -2.08. The van der Waals surface area contributed by atoms with Crippen molar-refractivity contribution in [3.63, 3.8) is 0 Å². The van der Waals surface area contributed by atoms with Crippen molar-refractivity contribution in [1.29, 1.82) is 0 Å². The van der Waals surface area contributed by atoms with Crippen LogP contribution in [0.2, 0.25) is 0 Å². The highest BCUT2D eigenvalue weighted by atomic mass is 19.4. The second kappa shape index (κ2) is 10.3. The van der Waals surface area contributed by atoms with E-state index in [4.69, 9.17) is 5.11 Å². The minimum absolute atomic E-state index is 0.0943. The standard InChI is InChI=1S/C15H13NO3.C8H7F3O/c1-10-4-2-7-13(8-10)16-14(17)11-5-3-6-12(9-11)15(18)19;1-6-2-4-7(5-3-6)12-8(9,10)11/h2-9H,1H3,(H,16,17)(H,18,19);2-5H,1H3. The Hall–Kier alpha value is -3.81. The number of hydrogen-bond acceptors (Lipinski definition) is 3. The van der Waals surface area contributed by atoms with E-state index in [0.29, 0.717) is 11.3 Å². The van der Waals surface area contributed by atoms with Crippen molar-refractivity contribution in [3.8, 4) is 5.75 Å². The van der Waals surface area contributed by atoms with Crippen LogP contribution in [0.1, 0.15) is 31.8 Å². The van der Waals surface area contributed by atoms with Gasteiger partial charge in [0.15, 0.2) is 0 Å². The van der Waals surface area contributed by atoms with Gasteiger partial charge < -0.3 is 15.2 Å². The minimum atomic E-state index is -4.60. The fourth-order valence-corrected chi connectivity index (χ4v) is 2.46. The summed E-state index contributed by atoms with van der Waals surface area (Å²) in [6.45, 7) is 3.72. The maximum Gasteiger partial charge on any atom is 0.573 e. The van der Waals surface area contributed by atoms with Gasteiger partial charge in [-0.25, -0.2) is 4.79 Å². The molecule has 31 heavy (non-hydrogen) atoms. The molecule has 0 fully saturated rings. The van der Waals surface area contributed by atoms with E-state index in [1.165, 1.54) is 24.3 Å². The van der Waals surface area contributed by atoms with E-state index in [1.807, 2.05) is 25.1 Å². The van der Waals surface area contributed by atoms with Gasteiger partial charge in [-0.15, -0.1) is 13.2 Å². The number of alkyl halides is 3. The SMILES string of the molecule is Cc1ccc(OC(F)(F)F)cc1.Cc1cccc(NC(=O)c2cccc(C(=O)O)c2)c1. The van der Waals surface area contributed by atoms with Crippen LogP contribution in [0.4, 0.5) is 18.9 Å². The minimum Gasteiger partial charge on any atom is -0.478 e. The zero-order valence-electron chi connectivity index (χ0n) is 16.7. The predicted molar refractivity (Wildman–Crippen MR) is 110 cm³/mol. The van der Waals surface area contributed by atoms with Crippen molar-refractivity contribution in [1.82, 2.24) is 0 Å². The van der Waals surface area contributed by atoms with Gasteiger partial charge in [0.25, 0.3) is 5.91 Å². The Balaban J connectivity index is 0.000000245. The highest BCUT2D eigenvalue weighted by Crippen LogP contribution is 2.22. The summed E-state index contributed by atoms with van der Waals surface area (Å²) in [7, 11) is 0. The molecule has 0 saturated carbocycles. The molecule has 0 atom stereocenters. The van der Waals surface area contributed by atoms with E-state index in [2.05, 4.69) is 10.1 Å². The van der Waals surface area contributed by atoms with E-state index in [-0.39, 0.29) is 17.2 Å². The average molecular weight is 431 g/mol. The molecule has 0 saturated heterocycles. The highest BCUT2D eigenvalue weighted by molar-refractivity contribution is 6.05. The third-order valence-corrected chi connectivity index (χ3v) is 3.90. The van der Waals surface area contributed by atoms with E-state index in [1.54, 1.807) is 37.3 Å². The van der Waals surface area contributed by atoms with Gasteiger partial charge in [0.05, 0.1) is 5.56 Å². The number of carboxylic acids is 1. The van der Waals surface area contributed by atoms with E-state index < -0.39 is 12.3 Å². The molecule has 1 amide bonds. The molecule has 0 aliphatic carbocycles. The van der Waals surface area contributed by atoms with Crippen LogP contribution in [-0.2, 0) is 0 Å². The van der Waals surface area contributed by atoms with Crippen LogP contribution in [0.25, 0.3) is 0 Å². The summed E-state index contributed by atoms with van der Waals surface area (Å²) in [6, 6.07) is 19.0. The van der Waals surface area contributed by atoms with Crippen LogP contribution in [0.5, 0.6) is 5.75 Å². The first-order valence-electron chi connectivity index (χ1n) is 9.07.